The quantitative estimate of drug-likeness (QED) is 0.269. The van der Waals surface area contributed by atoms with Gasteiger partial charge in [-0.1, -0.05) is 12.1 Å². The topological polar surface area (TPSA) is 108 Å². The highest BCUT2D eigenvalue weighted by atomic mass is 32.1. The van der Waals surface area contributed by atoms with Gasteiger partial charge < -0.3 is 21.4 Å². The normalized spacial score (nSPS) is 13.1. The van der Waals surface area contributed by atoms with Crippen LogP contribution in [0.4, 0.5) is 17.2 Å². The van der Waals surface area contributed by atoms with Crippen LogP contribution < -0.4 is 16.0 Å². The predicted octanol–water partition coefficient (Wildman–Crippen LogP) is 5.02. The molecular weight excluding hydrogens is 446 g/mol. The number of carbonyl (C=O) groups is 1. The lowest BCUT2D eigenvalue weighted by molar-refractivity contribution is 0.102. The Balaban J connectivity index is 1.46. The molecule has 0 spiro atoms. The van der Waals surface area contributed by atoms with Crippen LogP contribution in [0.3, 0.4) is 0 Å². The van der Waals surface area contributed by atoms with Gasteiger partial charge in [-0.3, -0.25) is 14.5 Å². The molecule has 4 aromatic rings. The second-order valence-corrected chi connectivity index (χ2v) is 9.42. The number of aromatic nitrogens is 3. The monoisotopic (exact) mass is 473 g/mol. The number of hydrogen-bond acceptors (Lipinski definition) is 7. The minimum atomic E-state index is -0.209. The van der Waals surface area contributed by atoms with Gasteiger partial charge in [-0.2, -0.15) is 5.10 Å². The molecule has 0 atom stereocenters. The summed E-state index contributed by atoms with van der Waals surface area (Å²) in [5.74, 6) is 0.784. The second-order valence-electron chi connectivity index (χ2n) is 8.54. The molecule has 1 fully saturated rings. The molecule has 1 aliphatic carbocycles. The summed E-state index contributed by atoms with van der Waals surface area (Å²) in [6.07, 6.45) is 2.01. The number of nitrogens with one attached hydrogen (secondary N) is 4. The highest BCUT2D eigenvalue weighted by molar-refractivity contribution is 7.18. The van der Waals surface area contributed by atoms with E-state index in [1.54, 1.807) is 4.68 Å². The first-order chi connectivity index (χ1) is 16.5. The lowest BCUT2D eigenvalue weighted by atomic mass is 10.0. The number of anilines is 3. The van der Waals surface area contributed by atoms with Crippen LogP contribution in [-0.4, -0.2) is 33.4 Å². The van der Waals surface area contributed by atoms with Crippen molar-refractivity contribution in [2.45, 2.75) is 26.3 Å². The molecule has 3 aromatic heterocycles. The number of carbonyl (C=O) groups excluding carboxylic acids is 1. The molecule has 8 nitrogen and oxygen atoms in total. The molecule has 0 radical (unpaired) electrons. The van der Waals surface area contributed by atoms with Crippen LogP contribution in [0.2, 0.25) is 0 Å². The third-order valence-electron chi connectivity index (χ3n) is 6.01. The van der Waals surface area contributed by atoms with Crippen molar-refractivity contribution in [1.82, 2.24) is 14.8 Å². The zero-order chi connectivity index (χ0) is 23.8. The number of aryl methyl sites for hydroxylation is 2. The van der Waals surface area contributed by atoms with E-state index in [1.807, 2.05) is 62.8 Å². The van der Waals surface area contributed by atoms with Crippen molar-refractivity contribution in [2.75, 3.05) is 23.0 Å². The molecule has 5 rings (SSSR count). The number of rotatable bonds is 8. The summed E-state index contributed by atoms with van der Waals surface area (Å²) in [4.78, 5) is 17.9. The van der Waals surface area contributed by atoms with Crippen molar-refractivity contribution in [1.29, 1.82) is 5.41 Å². The molecule has 1 aromatic carbocycles. The van der Waals surface area contributed by atoms with Crippen molar-refractivity contribution in [2.24, 2.45) is 13.0 Å². The summed E-state index contributed by atoms with van der Waals surface area (Å²) in [6.45, 7) is 2.51. The van der Waals surface area contributed by atoms with Gasteiger partial charge in [-0.15, -0.1) is 11.3 Å². The largest absolute Gasteiger partial charge is 0.379 e. The molecule has 1 saturated carbocycles. The van der Waals surface area contributed by atoms with Gasteiger partial charge in [0.1, 0.15) is 0 Å². The van der Waals surface area contributed by atoms with Gasteiger partial charge >= 0.3 is 0 Å². The van der Waals surface area contributed by atoms with E-state index in [0.717, 1.165) is 51.5 Å². The molecule has 9 heteroatoms. The SMILES string of the molecule is CNc1nn(C)c2c(C(=O)Nc3cccc(NCc4cccc(C)n4)c3C(=N)C3CC3)csc12. The molecule has 174 valence electrons. The summed E-state index contributed by atoms with van der Waals surface area (Å²) < 4.78 is 2.68. The summed E-state index contributed by atoms with van der Waals surface area (Å²) in [5, 5.41) is 24.8. The van der Waals surface area contributed by atoms with Crippen molar-refractivity contribution >= 4 is 50.4 Å². The smallest absolute Gasteiger partial charge is 0.258 e. The second kappa shape index (κ2) is 8.90. The van der Waals surface area contributed by atoms with Crippen LogP contribution in [0, 0.1) is 18.3 Å². The predicted molar refractivity (Wildman–Crippen MR) is 138 cm³/mol. The van der Waals surface area contributed by atoms with Gasteiger partial charge in [0.15, 0.2) is 5.82 Å². The maximum Gasteiger partial charge on any atom is 0.258 e. The van der Waals surface area contributed by atoms with Crippen LogP contribution in [0.1, 0.15) is 40.2 Å². The fourth-order valence-corrected chi connectivity index (χ4v) is 5.22. The van der Waals surface area contributed by atoms with Gasteiger partial charge in [0.25, 0.3) is 5.91 Å². The van der Waals surface area contributed by atoms with E-state index in [-0.39, 0.29) is 11.8 Å². The fraction of sp³-hybridized carbons (Fsp3) is 0.280. The molecular formula is C25H27N7OS. The minimum Gasteiger partial charge on any atom is -0.379 e. The van der Waals surface area contributed by atoms with Gasteiger partial charge in [0.05, 0.1) is 33.7 Å². The molecule has 34 heavy (non-hydrogen) atoms. The highest BCUT2D eigenvalue weighted by Gasteiger charge is 2.31. The first-order valence-electron chi connectivity index (χ1n) is 11.3. The number of nitrogens with zero attached hydrogens (tertiary/aromatic N) is 3. The average molecular weight is 474 g/mol. The van der Waals surface area contributed by atoms with Gasteiger partial charge in [-0.05, 0) is 44.0 Å². The van der Waals surface area contributed by atoms with Gasteiger partial charge in [0.2, 0.25) is 0 Å². The Labute approximate surface area is 201 Å². The van der Waals surface area contributed by atoms with Crippen LogP contribution in [0.15, 0.2) is 41.8 Å². The van der Waals surface area contributed by atoms with E-state index in [2.05, 4.69) is 26.0 Å². The van der Waals surface area contributed by atoms with Crippen molar-refractivity contribution in [3.8, 4) is 0 Å². The Morgan fingerprint density at radius 3 is 2.71 bits per heavy atom. The molecule has 4 N–H and O–H groups in total. The van der Waals surface area contributed by atoms with E-state index in [9.17, 15) is 4.79 Å². The van der Waals surface area contributed by atoms with Crippen LogP contribution in [0.5, 0.6) is 0 Å². The zero-order valence-corrected chi connectivity index (χ0v) is 20.2. The number of hydrogen-bond donors (Lipinski definition) is 4. The summed E-state index contributed by atoms with van der Waals surface area (Å²) in [7, 11) is 3.66. The molecule has 1 amide bonds. The first-order valence-corrected chi connectivity index (χ1v) is 12.2. The molecule has 0 bridgehead atoms. The minimum absolute atomic E-state index is 0.209. The van der Waals surface area contributed by atoms with Crippen molar-refractivity contribution < 1.29 is 4.79 Å². The molecule has 3 heterocycles. The highest BCUT2D eigenvalue weighted by Crippen LogP contribution is 2.38. The van der Waals surface area contributed by atoms with E-state index in [4.69, 9.17) is 5.41 Å². The lowest BCUT2D eigenvalue weighted by Crippen LogP contribution is -2.17. The van der Waals surface area contributed by atoms with Crippen LogP contribution in [-0.2, 0) is 13.6 Å². The number of thiophene rings is 1. The maximum atomic E-state index is 13.4. The van der Waals surface area contributed by atoms with Crippen LogP contribution >= 0.6 is 11.3 Å². The Morgan fingerprint density at radius 2 is 1.97 bits per heavy atom. The number of fused-ring (bicyclic) bond motifs is 1. The molecule has 0 unspecified atom stereocenters. The lowest BCUT2D eigenvalue weighted by Gasteiger charge is -2.18. The standard InChI is InChI=1S/C25H27N7OS/c1-14-6-4-7-16(29-14)12-28-18-8-5-9-19(20(18)21(26)15-10-11-15)30-25(33)17-13-34-23-22(17)32(3)31-24(23)27-2/h4-9,13,15,26,28H,10-12H2,1-3H3,(H,27,31)(H,30,33). The average Bonchev–Trinajstić information content (AvgIpc) is 3.50. The van der Waals surface area contributed by atoms with E-state index >= 15 is 0 Å². The van der Waals surface area contributed by atoms with E-state index < -0.39 is 0 Å². The summed E-state index contributed by atoms with van der Waals surface area (Å²) >= 11 is 1.49. The van der Waals surface area contributed by atoms with Gasteiger partial charge in [-0.25, -0.2) is 0 Å². The number of amides is 1. The van der Waals surface area contributed by atoms with Crippen molar-refractivity contribution in [3.63, 3.8) is 0 Å². The maximum absolute atomic E-state index is 13.4. The summed E-state index contributed by atoms with van der Waals surface area (Å²) in [5.41, 5.74) is 6.03. The Bertz CT molecular complexity index is 1400. The van der Waals surface area contributed by atoms with E-state index in [1.165, 1.54) is 11.3 Å². The molecule has 0 saturated heterocycles. The van der Waals surface area contributed by atoms with Gasteiger partial charge in [0, 0.05) is 48.0 Å². The Morgan fingerprint density at radius 1 is 1.21 bits per heavy atom. The van der Waals surface area contributed by atoms with E-state index in [0.29, 0.717) is 23.5 Å². The Kier molecular flexibility index (Phi) is 5.79. The first kappa shape index (κ1) is 22.1. The zero-order valence-electron chi connectivity index (χ0n) is 19.4. The number of benzene rings is 1. The van der Waals surface area contributed by atoms with Crippen molar-refractivity contribution in [3.05, 3.63) is 64.3 Å². The Hall–Kier alpha value is -3.72. The third-order valence-corrected chi connectivity index (χ3v) is 6.98. The molecule has 0 aliphatic heterocycles. The fourth-order valence-electron chi connectivity index (χ4n) is 4.15. The number of pyridine rings is 1. The molecule has 1 aliphatic rings. The third kappa shape index (κ3) is 4.14. The van der Waals surface area contributed by atoms with Crippen LogP contribution in [0.25, 0.3) is 10.2 Å². The summed E-state index contributed by atoms with van der Waals surface area (Å²) in [6, 6.07) is 11.7.